The summed E-state index contributed by atoms with van der Waals surface area (Å²) in [6, 6.07) is 7.48. The monoisotopic (exact) mass is 285 g/mol. The molecule has 7 heteroatoms. The normalized spacial score (nSPS) is 10.7. The minimum Gasteiger partial charge on any atom is -0.497 e. The maximum atomic E-state index is 5.75. The second-order valence-corrected chi connectivity index (χ2v) is 4.40. The van der Waals surface area contributed by atoms with E-state index in [9.17, 15) is 0 Å². The van der Waals surface area contributed by atoms with Crippen molar-refractivity contribution in [1.29, 1.82) is 0 Å². The number of imidazole rings is 1. The highest BCUT2D eigenvalue weighted by Crippen LogP contribution is 2.19. The molecule has 0 saturated carbocycles. The molecule has 1 aromatic carbocycles. The Labute approximate surface area is 121 Å². The molecule has 7 nitrogen and oxygen atoms in total. The van der Waals surface area contributed by atoms with Gasteiger partial charge in [0.1, 0.15) is 29.9 Å². The number of hydrogen-bond acceptors (Lipinski definition) is 6. The quantitative estimate of drug-likeness (QED) is 0.764. The van der Waals surface area contributed by atoms with Crippen LogP contribution in [0.4, 0.5) is 5.82 Å². The Bertz CT molecular complexity index is 756. The summed E-state index contributed by atoms with van der Waals surface area (Å²) < 4.78 is 12.7. The van der Waals surface area contributed by atoms with Crippen molar-refractivity contribution in [2.45, 2.75) is 6.54 Å². The number of rotatable bonds is 5. The molecule has 2 N–H and O–H groups in total. The van der Waals surface area contributed by atoms with Crippen molar-refractivity contribution >= 4 is 17.0 Å². The fourth-order valence-corrected chi connectivity index (χ4v) is 2.02. The topological polar surface area (TPSA) is 88.1 Å². The molecule has 0 radical (unpaired) electrons. The van der Waals surface area contributed by atoms with Gasteiger partial charge in [0.05, 0.1) is 20.0 Å². The van der Waals surface area contributed by atoms with E-state index in [2.05, 4.69) is 15.0 Å². The highest BCUT2D eigenvalue weighted by molar-refractivity contribution is 5.81. The third kappa shape index (κ3) is 2.71. The zero-order chi connectivity index (χ0) is 14.7. The molecule has 0 saturated heterocycles. The highest BCUT2D eigenvalue weighted by Gasteiger charge is 2.07. The first kappa shape index (κ1) is 13.2. The first-order valence-electron chi connectivity index (χ1n) is 6.46. The molecule has 0 atom stereocenters. The number of nitrogen functional groups attached to an aromatic ring is 1. The van der Waals surface area contributed by atoms with Crippen LogP contribution in [0.3, 0.4) is 0 Å². The SMILES string of the molecule is COc1cccc(OCCn2cnc3c(N)ncnc32)c1. The Morgan fingerprint density at radius 1 is 1.19 bits per heavy atom. The standard InChI is InChI=1S/C14H15N5O2/c1-20-10-3-2-4-11(7-10)21-6-5-19-9-18-12-13(15)16-8-17-14(12)19/h2-4,7-9H,5-6H2,1H3,(H2,15,16,17). The van der Waals surface area contributed by atoms with Gasteiger partial charge in [0, 0.05) is 6.07 Å². The molecule has 0 aliphatic carbocycles. The van der Waals surface area contributed by atoms with E-state index in [1.807, 2.05) is 28.8 Å². The zero-order valence-corrected chi connectivity index (χ0v) is 11.6. The van der Waals surface area contributed by atoms with Crippen LogP contribution in [0.2, 0.25) is 0 Å². The molecule has 108 valence electrons. The van der Waals surface area contributed by atoms with E-state index >= 15 is 0 Å². The summed E-state index contributed by atoms with van der Waals surface area (Å²) in [7, 11) is 1.63. The molecule has 0 amide bonds. The van der Waals surface area contributed by atoms with E-state index in [0.717, 1.165) is 11.5 Å². The Balaban J connectivity index is 1.68. The molecule has 0 aliphatic rings. The van der Waals surface area contributed by atoms with E-state index in [0.29, 0.717) is 30.1 Å². The number of methoxy groups -OCH3 is 1. The summed E-state index contributed by atoms with van der Waals surface area (Å²) in [4.78, 5) is 12.3. The summed E-state index contributed by atoms with van der Waals surface area (Å²) in [5.41, 5.74) is 7.06. The summed E-state index contributed by atoms with van der Waals surface area (Å²) in [5.74, 6) is 1.90. The molecule has 0 fully saturated rings. The summed E-state index contributed by atoms with van der Waals surface area (Å²) in [6.45, 7) is 1.10. The van der Waals surface area contributed by atoms with Crippen molar-refractivity contribution in [3.05, 3.63) is 36.9 Å². The number of benzene rings is 1. The predicted octanol–water partition coefficient (Wildman–Crippen LogP) is 1.50. The van der Waals surface area contributed by atoms with Gasteiger partial charge >= 0.3 is 0 Å². The maximum absolute atomic E-state index is 5.75. The first-order chi connectivity index (χ1) is 10.3. The van der Waals surface area contributed by atoms with E-state index in [4.69, 9.17) is 15.2 Å². The highest BCUT2D eigenvalue weighted by atomic mass is 16.5. The van der Waals surface area contributed by atoms with Crippen molar-refractivity contribution in [2.75, 3.05) is 19.5 Å². The van der Waals surface area contributed by atoms with Crippen LogP contribution < -0.4 is 15.2 Å². The summed E-state index contributed by atoms with van der Waals surface area (Å²) in [6.07, 6.45) is 3.11. The van der Waals surface area contributed by atoms with Gasteiger partial charge in [0.2, 0.25) is 0 Å². The van der Waals surface area contributed by atoms with Crippen molar-refractivity contribution in [2.24, 2.45) is 0 Å². The lowest BCUT2D eigenvalue weighted by Gasteiger charge is -2.08. The number of nitrogens with zero attached hydrogens (tertiary/aromatic N) is 4. The van der Waals surface area contributed by atoms with Crippen LogP contribution in [-0.4, -0.2) is 33.2 Å². The Morgan fingerprint density at radius 2 is 2.05 bits per heavy atom. The average Bonchev–Trinajstić information content (AvgIpc) is 2.92. The molecule has 0 spiro atoms. The molecule has 2 aromatic heterocycles. The van der Waals surface area contributed by atoms with Gasteiger partial charge in [-0.1, -0.05) is 6.07 Å². The number of hydrogen-bond donors (Lipinski definition) is 1. The van der Waals surface area contributed by atoms with E-state index in [-0.39, 0.29) is 0 Å². The molecule has 21 heavy (non-hydrogen) atoms. The third-order valence-electron chi connectivity index (χ3n) is 3.07. The average molecular weight is 285 g/mol. The maximum Gasteiger partial charge on any atom is 0.165 e. The number of nitrogens with two attached hydrogens (primary N) is 1. The van der Waals surface area contributed by atoms with Gasteiger partial charge in [-0.15, -0.1) is 0 Å². The Kier molecular flexibility index (Phi) is 3.55. The van der Waals surface area contributed by atoms with Crippen molar-refractivity contribution < 1.29 is 9.47 Å². The van der Waals surface area contributed by atoms with E-state index < -0.39 is 0 Å². The summed E-state index contributed by atoms with van der Waals surface area (Å²) in [5, 5.41) is 0. The van der Waals surface area contributed by atoms with Crippen molar-refractivity contribution in [3.8, 4) is 11.5 Å². The number of aromatic nitrogens is 4. The second-order valence-electron chi connectivity index (χ2n) is 4.40. The Morgan fingerprint density at radius 3 is 2.90 bits per heavy atom. The molecule has 3 rings (SSSR count). The predicted molar refractivity (Wildman–Crippen MR) is 78.2 cm³/mol. The fraction of sp³-hybridized carbons (Fsp3) is 0.214. The molecular formula is C14H15N5O2. The van der Waals surface area contributed by atoms with Crippen LogP contribution in [0.5, 0.6) is 11.5 Å². The minimum absolute atomic E-state index is 0.382. The molecule has 0 bridgehead atoms. The lowest BCUT2D eigenvalue weighted by atomic mass is 10.3. The smallest absolute Gasteiger partial charge is 0.165 e. The third-order valence-corrected chi connectivity index (χ3v) is 3.07. The largest absolute Gasteiger partial charge is 0.497 e. The molecular weight excluding hydrogens is 270 g/mol. The lowest BCUT2D eigenvalue weighted by Crippen LogP contribution is -2.08. The van der Waals surface area contributed by atoms with Gasteiger partial charge in [-0.2, -0.15) is 0 Å². The van der Waals surface area contributed by atoms with Crippen LogP contribution >= 0.6 is 0 Å². The van der Waals surface area contributed by atoms with Gasteiger partial charge in [-0.3, -0.25) is 0 Å². The van der Waals surface area contributed by atoms with Crippen LogP contribution in [-0.2, 0) is 6.54 Å². The molecule has 0 aliphatic heterocycles. The molecule has 3 aromatic rings. The lowest BCUT2D eigenvalue weighted by molar-refractivity contribution is 0.297. The van der Waals surface area contributed by atoms with E-state index in [1.165, 1.54) is 6.33 Å². The Hall–Kier alpha value is -2.83. The summed E-state index contributed by atoms with van der Waals surface area (Å²) >= 11 is 0. The van der Waals surface area contributed by atoms with E-state index in [1.54, 1.807) is 13.4 Å². The van der Waals surface area contributed by atoms with Gasteiger partial charge in [0.25, 0.3) is 0 Å². The van der Waals surface area contributed by atoms with Gasteiger partial charge in [0.15, 0.2) is 11.5 Å². The zero-order valence-electron chi connectivity index (χ0n) is 11.6. The van der Waals surface area contributed by atoms with Crippen LogP contribution in [0.1, 0.15) is 0 Å². The second kappa shape index (κ2) is 5.66. The van der Waals surface area contributed by atoms with Gasteiger partial charge < -0.3 is 19.8 Å². The fourth-order valence-electron chi connectivity index (χ4n) is 2.02. The number of fused-ring (bicyclic) bond motifs is 1. The van der Waals surface area contributed by atoms with Gasteiger partial charge in [-0.05, 0) is 12.1 Å². The van der Waals surface area contributed by atoms with Crippen LogP contribution in [0.25, 0.3) is 11.2 Å². The van der Waals surface area contributed by atoms with Crippen LogP contribution in [0.15, 0.2) is 36.9 Å². The van der Waals surface area contributed by atoms with Gasteiger partial charge in [-0.25, -0.2) is 15.0 Å². The van der Waals surface area contributed by atoms with Crippen molar-refractivity contribution in [3.63, 3.8) is 0 Å². The minimum atomic E-state index is 0.382. The molecule has 2 heterocycles. The first-order valence-corrected chi connectivity index (χ1v) is 6.46. The van der Waals surface area contributed by atoms with Crippen LogP contribution in [0, 0.1) is 0 Å². The van der Waals surface area contributed by atoms with Crippen molar-refractivity contribution in [1.82, 2.24) is 19.5 Å². The molecule has 0 unspecified atom stereocenters. The number of anilines is 1. The number of ether oxygens (including phenoxy) is 2.